The molecule has 2 unspecified atom stereocenters. The first-order valence-electron chi connectivity index (χ1n) is 8.55. The maximum atomic E-state index is 13.3. The third-order valence-electron chi connectivity index (χ3n) is 5.07. The van der Waals surface area contributed by atoms with Crippen LogP contribution in [0.1, 0.15) is 36.7 Å². The Kier molecular flexibility index (Phi) is 4.03. The number of hydrogen-bond donors (Lipinski definition) is 3. The number of likely N-dealkylation sites (tertiary alicyclic amines) is 1. The zero-order chi connectivity index (χ0) is 17.4. The second-order valence-corrected chi connectivity index (χ2v) is 6.78. The summed E-state index contributed by atoms with van der Waals surface area (Å²) in [5.74, 6) is 1.10. The highest BCUT2D eigenvalue weighted by Gasteiger charge is 2.46. The van der Waals surface area contributed by atoms with Crippen LogP contribution in [0, 0.1) is 17.7 Å². The Morgan fingerprint density at radius 1 is 1.36 bits per heavy atom. The normalized spacial score (nSPS) is 23.0. The second-order valence-electron chi connectivity index (χ2n) is 6.78. The minimum atomic E-state index is -0.364. The topological polar surface area (TPSA) is 93.9 Å². The number of rotatable bonds is 4. The highest BCUT2D eigenvalue weighted by atomic mass is 19.1. The maximum Gasteiger partial charge on any atom is 0.340 e. The van der Waals surface area contributed by atoms with Crippen LogP contribution in [0.15, 0.2) is 29.1 Å². The first kappa shape index (κ1) is 15.9. The molecule has 1 aliphatic heterocycles. The molecule has 7 nitrogen and oxygen atoms in total. The average molecular weight is 345 g/mol. The zero-order valence-corrected chi connectivity index (χ0v) is 13.7. The van der Waals surface area contributed by atoms with Crippen LogP contribution in [-0.2, 0) is 6.54 Å². The van der Waals surface area contributed by atoms with E-state index in [0.717, 1.165) is 19.3 Å². The fourth-order valence-electron chi connectivity index (χ4n) is 3.76. The van der Waals surface area contributed by atoms with Crippen LogP contribution in [0.3, 0.4) is 0 Å². The number of aromatic nitrogens is 3. The van der Waals surface area contributed by atoms with Crippen LogP contribution in [0.2, 0.25) is 0 Å². The van der Waals surface area contributed by atoms with E-state index in [2.05, 4.69) is 20.5 Å². The van der Waals surface area contributed by atoms with Crippen molar-refractivity contribution in [3.63, 3.8) is 0 Å². The first-order valence-corrected chi connectivity index (χ1v) is 8.55. The molecule has 2 aromatic rings. The van der Waals surface area contributed by atoms with Crippen molar-refractivity contribution >= 4 is 6.03 Å². The van der Waals surface area contributed by atoms with E-state index in [4.69, 9.17) is 0 Å². The summed E-state index contributed by atoms with van der Waals surface area (Å²) in [7, 11) is 0. The van der Waals surface area contributed by atoms with Crippen LogP contribution in [0.5, 0.6) is 0 Å². The number of amides is 2. The minimum absolute atomic E-state index is 0.221. The molecular weight excluding hydrogens is 325 g/mol. The Balaban J connectivity index is 1.49. The van der Waals surface area contributed by atoms with Gasteiger partial charge in [0.2, 0.25) is 0 Å². The highest BCUT2D eigenvalue weighted by Crippen LogP contribution is 2.49. The van der Waals surface area contributed by atoms with Gasteiger partial charge >= 0.3 is 11.7 Å². The molecule has 0 radical (unpaired) electrons. The molecule has 8 heteroatoms. The highest BCUT2D eigenvalue weighted by molar-refractivity contribution is 5.75. The van der Waals surface area contributed by atoms with Crippen molar-refractivity contribution in [2.75, 3.05) is 6.54 Å². The number of benzene rings is 1. The van der Waals surface area contributed by atoms with Gasteiger partial charge in [0.15, 0.2) is 5.82 Å². The Bertz CT molecular complexity index is 828. The molecular formula is C17H20FN5O2. The van der Waals surface area contributed by atoms with Gasteiger partial charge in [-0.05, 0) is 48.8 Å². The lowest BCUT2D eigenvalue weighted by atomic mass is 9.94. The molecule has 0 spiro atoms. The van der Waals surface area contributed by atoms with Gasteiger partial charge < -0.3 is 10.2 Å². The molecule has 2 aliphatic rings. The van der Waals surface area contributed by atoms with Crippen LogP contribution >= 0.6 is 0 Å². The predicted molar refractivity (Wildman–Crippen MR) is 88.1 cm³/mol. The van der Waals surface area contributed by atoms with Gasteiger partial charge in [0.05, 0.1) is 6.04 Å². The molecule has 4 rings (SSSR count). The molecule has 1 aromatic heterocycles. The number of hydrogen-bond acceptors (Lipinski definition) is 3. The van der Waals surface area contributed by atoms with Crippen molar-refractivity contribution < 1.29 is 9.18 Å². The van der Waals surface area contributed by atoms with Crippen LogP contribution in [0.4, 0.5) is 9.18 Å². The lowest BCUT2D eigenvalue weighted by Gasteiger charge is -2.26. The summed E-state index contributed by atoms with van der Waals surface area (Å²) in [6, 6.07) is 5.71. The Labute approximate surface area is 143 Å². The molecule has 1 saturated heterocycles. The van der Waals surface area contributed by atoms with E-state index >= 15 is 0 Å². The van der Waals surface area contributed by atoms with Crippen molar-refractivity contribution in [2.24, 2.45) is 11.8 Å². The average Bonchev–Trinajstić information content (AvgIpc) is 3.20. The van der Waals surface area contributed by atoms with E-state index in [1.807, 2.05) is 0 Å². The summed E-state index contributed by atoms with van der Waals surface area (Å²) in [5, 5.41) is 9.29. The van der Waals surface area contributed by atoms with Gasteiger partial charge in [-0.25, -0.2) is 19.1 Å². The van der Waals surface area contributed by atoms with E-state index < -0.39 is 0 Å². The van der Waals surface area contributed by atoms with Gasteiger partial charge in [0.25, 0.3) is 0 Å². The molecule has 1 saturated carbocycles. The second kappa shape index (κ2) is 6.34. The first-order chi connectivity index (χ1) is 12.1. The quantitative estimate of drug-likeness (QED) is 0.790. The zero-order valence-electron chi connectivity index (χ0n) is 13.7. The summed E-state index contributed by atoms with van der Waals surface area (Å²) < 4.78 is 13.3. The van der Waals surface area contributed by atoms with Gasteiger partial charge in [-0.15, -0.1) is 0 Å². The smallest absolute Gasteiger partial charge is 0.334 e. The van der Waals surface area contributed by atoms with Gasteiger partial charge in [-0.1, -0.05) is 12.1 Å². The monoisotopic (exact) mass is 345 g/mol. The molecule has 132 valence electrons. The minimum Gasteiger partial charge on any atom is -0.334 e. The summed E-state index contributed by atoms with van der Waals surface area (Å²) >= 11 is 0. The van der Waals surface area contributed by atoms with E-state index in [9.17, 15) is 14.0 Å². The van der Waals surface area contributed by atoms with Gasteiger partial charge in [0.1, 0.15) is 5.82 Å². The number of carbonyl (C=O) groups is 1. The number of nitrogens with zero attached hydrogens (tertiary/aromatic N) is 2. The molecule has 1 aromatic carbocycles. The predicted octanol–water partition coefficient (Wildman–Crippen LogP) is 1.92. The van der Waals surface area contributed by atoms with Crippen molar-refractivity contribution in [1.82, 2.24) is 25.4 Å². The maximum absolute atomic E-state index is 13.3. The number of nitrogens with one attached hydrogen (secondary N) is 3. The van der Waals surface area contributed by atoms with Crippen molar-refractivity contribution in [3.05, 3.63) is 52.0 Å². The van der Waals surface area contributed by atoms with E-state index in [0.29, 0.717) is 29.8 Å². The Morgan fingerprint density at radius 3 is 2.88 bits per heavy atom. The molecule has 25 heavy (non-hydrogen) atoms. The Hall–Kier alpha value is -2.64. The number of urea groups is 1. The van der Waals surface area contributed by atoms with E-state index in [1.165, 1.54) is 12.1 Å². The molecule has 2 heterocycles. The van der Waals surface area contributed by atoms with Gasteiger partial charge in [-0.2, -0.15) is 5.10 Å². The van der Waals surface area contributed by atoms with Crippen LogP contribution < -0.4 is 11.0 Å². The third-order valence-corrected chi connectivity index (χ3v) is 5.07. The van der Waals surface area contributed by atoms with Crippen molar-refractivity contribution in [2.45, 2.75) is 31.8 Å². The molecule has 2 atom stereocenters. The largest absolute Gasteiger partial charge is 0.340 e. The number of H-pyrrole nitrogens is 2. The summed E-state index contributed by atoms with van der Waals surface area (Å²) in [6.45, 7) is 0.876. The van der Waals surface area contributed by atoms with Gasteiger partial charge in [-0.3, -0.25) is 4.98 Å². The SMILES string of the molecule is O=C(NCc1cccc(F)c1)N1CCC(C2CC2)C1c1n[nH]c(=O)[nH]1. The summed E-state index contributed by atoms with van der Waals surface area (Å²) in [4.78, 5) is 28.5. The number of aromatic amines is 2. The van der Waals surface area contributed by atoms with Crippen LogP contribution in [-0.4, -0.2) is 32.7 Å². The third kappa shape index (κ3) is 3.29. The molecule has 2 fully saturated rings. The van der Waals surface area contributed by atoms with E-state index in [1.54, 1.807) is 17.0 Å². The summed E-state index contributed by atoms with van der Waals surface area (Å²) in [5.41, 5.74) is 0.340. The molecule has 3 N–H and O–H groups in total. The number of halogens is 1. The summed E-state index contributed by atoms with van der Waals surface area (Å²) in [6.07, 6.45) is 3.22. The van der Waals surface area contributed by atoms with Crippen molar-refractivity contribution in [1.29, 1.82) is 0 Å². The molecule has 0 bridgehead atoms. The molecule has 1 aliphatic carbocycles. The van der Waals surface area contributed by atoms with Crippen molar-refractivity contribution in [3.8, 4) is 0 Å². The Morgan fingerprint density at radius 2 is 2.20 bits per heavy atom. The lowest BCUT2D eigenvalue weighted by molar-refractivity contribution is 0.179. The standard InChI is InChI=1S/C17H20FN5O2/c18-12-3-1-2-10(8-12)9-19-17(25)23-7-6-13(11-4-5-11)14(23)15-20-16(24)22-21-15/h1-3,8,11,13-14H,4-7,9H2,(H,19,25)(H2,20,21,22,24). The fourth-order valence-corrected chi connectivity index (χ4v) is 3.76. The molecule has 2 amide bonds. The van der Waals surface area contributed by atoms with Gasteiger partial charge in [0, 0.05) is 13.1 Å². The fraction of sp³-hybridized carbons (Fsp3) is 0.471. The van der Waals surface area contributed by atoms with Crippen LogP contribution in [0.25, 0.3) is 0 Å². The van der Waals surface area contributed by atoms with E-state index in [-0.39, 0.29) is 30.1 Å². The number of carbonyl (C=O) groups excluding carboxylic acids is 1. The lowest BCUT2D eigenvalue weighted by Crippen LogP contribution is -2.40.